The summed E-state index contributed by atoms with van der Waals surface area (Å²) in [6.07, 6.45) is 2.71. The van der Waals surface area contributed by atoms with E-state index in [0.717, 1.165) is 30.1 Å². The van der Waals surface area contributed by atoms with Gasteiger partial charge in [-0.05, 0) is 42.5 Å². The van der Waals surface area contributed by atoms with Gasteiger partial charge in [0.1, 0.15) is 10.0 Å². The molecule has 0 unspecified atom stereocenters. The number of morpholine rings is 1. The van der Waals surface area contributed by atoms with Crippen LogP contribution in [-0.2, 0) is 14.8 Å². The highest BCUT2D eigenvalue weighted by molar-refractivity contribution is 7.92. The summed E-state index contributed by atoms with van der Waals surface area (Å²) < 4.78 is 33.5. The molecule has 0 atom stereocenters. The second kappa shape index (κ2) is 13.1. The number of rotatable bonds is 9. The van der Waals surface area contributed by atoms with Crippen molar-refractivity contribution in [2.75, 3.05) is 57.1 Å². The molecule has 0 spiro atoms. The molecule has 4 heterocycles. The number of halogens is 1. The van der Waals surface area contributed by atoms with Crippen LogP contribution < -0.4 is 26.2 Å². The predicted octanol–water partition coefficient (Wildman–Crippen LogP) is 2.71. The van der Waals surface area contributed by atoms with Crippen LogP contribution in [0.1, 0.15) is 10.4 Å². The number of carbonyl (C=O) groups excluding carboxylic acids is 2. The van der Waals surface area contributed by atoms with E-state index in [1.165, 1.54) is 41.2 Å². The molecule has 1 fully saturated rings. The second-order valence-electron chi connectivity index (χ2n) is 9.46. The molecule has 226 valence electrons. The van der Waals surface area contributed by atoms with Crippen molar-refractivity contribution in [1.29, 1.82) is 0 Å². The van der Waals surface area contributed by atoms with Crippen LogP contribution in [0.2, 0.25) is 4.34 Å². The number of carbonyl (C=O) groups is 2. The monoisotopic (exact) mass is 645 g/mol. The highest BCUT2D eigenvalue weighted by atomic mass is 35.5. The predicted molar refractivity (Wildman–Crippen MR) is 165 cm³/mol. The highest BCUT2D eigenvalue weighted by Gasteiger charge is 2.21. The van der Waals surface area contributed by atoms with Gasteiger partial charge in [0.25, 0.3) is 21.5 Å². The van der Waals surface area contributed by atoms with Crippen molar-refractivity contribution in [3.05, 3.63) is 75.1 Å². The SMILES string of the molecule is CNc1ccc2c(=O)n(-c3ccc(NC(=O)NS(=O)(=O)c4ccc(Cl)s4)cn3)cc(C(=O)NCCN3CCOCC3)c2c1. The molecule has 1 saturated heterocycles. The van der Waals surface area contributed by atoms with Gasteiger partial charge in [-0.3, -0.25) is 19.1 Å². The van der Waals surface area contributed by atoms with E-state index in [1.54, 1.807) is 25.2 Å². The third-order valence-corrected chi connectivity index (χ3v) is 9.71. The number of thiophene rings is 1. The van der Waals surface area contributed by atoms with E-state index in [1.807, 2.05) is 4.72 Å². The Morgan fingerprint density at radius 2 is 1.84 bits per heavy atom. The average Bonchev–Trinajstić information content (AvgIpc) is 3.45. The Labute approximate surface area is 255 Å². The summed E-state index contributed by atoms with van der Waals surface area (Å²) in [6, 6.07) is 9.76. The van der Waals surface area contributed by atoms with Crippen LogP contribution in [0.15, 0.2) is 63.9 Å². The quantitative estimate of drug-likeness (QED) is 0.214. The molecular formula is C27H28ClN7O6S2. The molecule has 0 radical (unpaired) electrons. The summed E-state index contributed by atoms with van der Waals surface area (Å²) in [4.78, 5) is 45.7. The fourth-order valence-electron chi connectivity index (χ4n) is 4.47. The van der Waals surface area contributed by atoms with Crippen LogP contribution in [-0.4, -0.2) is 81.2 Å². The van der Waals surface area contributed by atoms with Gasteiger partial charge in [0.05, 0.1) is 35.0 Å². The number of sulfonamides is 1. The Balaban J connectivity index is 1.36. The van der Waals surface area contributed by atoms with Gasteiger partial charge in [0.15, 0.2) is 0 Å². The molecule has 1 aliphatic rings. The first-order chi connectivity index (χ1) is 20.6. The maximum atomic E-state index is 13.5. The van der Waals surface area contributed by atoms with E-state index < -0.39 is 21.6 Å². The number of urea groups is 1. The Kier molecular flexibility index (Phi) is 9.27. The maximum Gasteiger partial charge on any atom is 0.333 e. The molecule has 3 aromatic heterocycles. The first-order valence-corrected chi connectivity index (χ1v) is 15.8. The molecule has 0 aliphatic carbocycles. The molecule has 0 saturated carbocycles. The molecule has 13 nitrogen and oxygen atoms in total. The minimum Gasteiger partial charge on any atom is -0.388 e. The average molecular weight is 646 g/mol. The van der Waals surface area contributed by atoms with Crippen molar-refractivity contribution in [1.82, 2.24) is 24.5 Å². The lowest BCUT2D eigenvalue weighted by molar-refractivity contribution is 0.0383. The lowest BCUT2D eigenvalue weighted by atomic mass is 10.1. The minimum atomic E-state index is -4.11. The summed E-state index contributed by atoms with van der Waals surface area (Å²) >= 11 is 6.61. The van der Waals surface area contributed by atoms with Gasteiger partial charge in [0, 0.05) is 55.9 Å². The summed E-state index contributed by atoms with van der Waals surface area (Å²) in [5, 5.41) is 9.19. The van der Waals surface area contributed by atoms with Gasteiger partial charge >= 0.3 is 6.03 Å². The molecule has 4 N–H and O–H groups in total. The lowest BCUT2D eigenvalue weighted by Crippen LogP contribution is -2.41. The van der Waals surface area contributed by atoms with Crippen LogP contribution in [0, 0.1) is 0 Å². The molecule has 3 amide bonds. The second-order valence-corrected chi connectivity index (χ2v) is 13.1. The van der Waals surface area contributed by atoms with Crippen molar-refractivity contribution in [2.45, 2.75) is 4.21 Å². The third-order valence-electron chi connectivity index (χ3n) is 6.66. The van der Waals surface area contributed by atoms with Crippen LogP contribution in [0.4, 0.5) is 16.2 Å². The number of anilines is 2. The number of nitrogens with zero attached hydrogens (tertiary/aromatic N) is 3. The van der Waals surface area contributed by atoms with E-state index in [9.17, 15) is 22.8 Å². The molecule has 1 aliphatic heterocycles. The molecular weight excluding hydrogens is 618 g/mol. The number of nitrogens with one attached hydrogen (secondary N) is 4. The van der Waals surface area contributed by atoms with E-state index in [0.29, 0.717) is 37.1 Å². The van der Waals surface area contributed by atoms with Crippen LogP contribution >= 0.6 is 22.9 Å². The molecule has 4 aromatic rings. The van der Waals surface area contributed by atoms with E-state index in [-0.39, 0.29) is 31.5 Å². The molecule has 0 bridgehead atoms. The number of ether oxygens (including phenoxy) is 1. The summed E-state index contributed by atoms with van der Waals surface area (Å²) in [7, 11) is -2.36. The molecule has 16 heteroatoms. The number of amides is 3. The van der Waals surface area contributed by atoms with Gasteiger partial charge in [-0.1, -0.05) is 11.6 Å². The zero-order valence-electron chi connectivity index (χ0n) is 22.9. The van der Waals surface area contributed by atoms with Crippen molar-refractivity contribution >= 4 is 67.0 Å². The van der Waals surface area contributed by atoms with Gasteiger partial charge in [-0.15, -0.1) is 11.3 Å². The van der Waals surface area contributed by atoms with Gasteiger partial charge in [-0.25, -0.2) is 22.9 Å². The summed E-state index contributed by atoms with van der Waals surface area (Å²) in [5.74, 6) is -0.151. The first-order valence-electron chi connectivity index (χ1n) is 13.2. The van der Waals surface area contributed by atoms with E-state index >= 15 is 0 Å². The van der Waals surface area contributed by atoms with Crippen molar-refractivity contribution in [3.8, 4) is 5.82 Å². The fourth-order valence-corrected chi connectivity index (χ4v) is 6.86. The number of fused-ring (bicyclic) bond motifs is 1. The minimum absolute atomic E-state index is 0.112. The standard InChI is InChI=1S/C27H28ClN7O6S2/c1-29-17-2-4-19-20(14-17)21(25(36)30-8-9-34-10-12-41-13-11-34)16-35(26(19)37)23-6-3-18(15-31-23)32-27(38)33-43(39,40)24-7-5-22(28)42-24/h2-7,14-16,29H,8-13H2,1H3,(H,30,36)(H2,32,33,38). The van der Waals surface area contributed by atoms with Gasteiger partial charge < -0.3 is 20.7 Å². The zero-order valence-corrected chi connectivity index (χ0v) is 25.3. The van der Waals surface area contributed by atoms with E-state index in [4.69, 9.17) is 16.3 Å². The number of pyridine rings is 2. The largest absolute Gasteiger partial charge is 0.388 e. The van der Waals surface area contributed by atoms with Crippen molar-refractivity contribution < 1.29 is 22.7 Å². The lowest BCUT2D eigenvalue weighted by Gasteiger charge is -2.26. The van der Waals surface area contributed by atoms with Gasteiger partial charge in [-0.2, -0.15) is 0 Å². The zero-order chi connectivity index (χ0) is 30.6. The fraction of sp³-hybridized carbons (Fsp3) is 0.259. The molecule has 5 rings (SSSR count). The topological polar surface area (TPSA) is 164 Å². The van der Waals surface area contributed by atoms with Crippen LogP contribution in [0.5, 0.6) is 0 Å². The maximum absolute atomic E-state index is 13.5. The smallest absolute Gasteiger partial charge is 0.333 e. The van der Waals surface area contributed by atoms with Crippen LogP contribution in [0.25, 0.3) is 16.6 Å². The number of hydrogen-bond acceptors (Lipinski definition) is 10. The molecule has 43 heavy (non-hydrogen) atoms. The van der Waals surface area contributed by atoms with Crippen LogP contribution in [0.3, 0.4) is 0 Å². The highest BCUT2D eigenvalue weighted by Crippen LogP contribution is 2.25. The van der Waals surface area contributed by atoms with E-state index in [2.05, 4.69) is 25.8 Å². The molecule has 1 aromatic carbocycles. The Morgan fingerprint density at radius 1 is 1.07 bits per heavy atom. The Bertz CT molecular complexity index is 1820. The summed E-state index contributed by atoms with van der Waals surface area (Å²) in [6.45, 7) is 4.00. The number of benzene rings is 1. The number of hydrogen-bond donors (Lipinski definition) is 4. The Morgan fingerprint density at radius 3 is 2.51 bits per heavy atom. The first kappa shape index (κ1) is 30.4. The Hall–Kier alpha value is -4.02. The van der Waals surface area contributed by atoms with Crippen molar-refractivity contribution in [3.63, 3.8) is 0 Å². The third kappa shape index (κ3) is 7.14. The van der Waals surface area contributed by atoms with Crippen molar-refractivity contribution in [2.24, 2.45) is 0 Å². The number of aromatic nitrogens is 2. The normalized spacial score (nSPS) is 13.9. The van der Waals surface area contributed by atoms with Gasteiger partial charge in [0.2, 0.25) is 0 Å². The summed E-state index contributed by atoms with van der Waals surface area (Å²) in [5.41, 5.74) is 0.808.